The fourth-order valence-corrected chi connectivity index (χ4v) is 4.81. The lowest BCUT2D eigenvalue weighted by Crippen LogP contribution is -2.58. The van der Waals surface area contributed by atoms with Crippen molar-refractivity contribution < 1.29 is 55.5 Å². The van der Waals surface area contributed by atoms with E-state index in [1.807, 2.05) is 32.1 Å². The summed E-state index contributed by atoms with van der Waals surface area (Å²) in [5, 5.41) is 90.7. The maximum Gasteiger partial charge on any atom is 0.306 e. The zero-order chi connectivity index (χ0) is 29.9. The third kappa shape index (κ3) is 12.2. The molecule has 0 aromatic carbocycles. The first-order chi connectivity index (χ1) is 18.2. The molecule has 1 heterocycles. The molecule has 0 aromatic rings. The Bertz CT molecular complexity index is 826. The van der Waals surface area contributed by atoms with E-state index in [1.165, 1.54) is 0 Å². The molecule has 0 spiro atoms. The molecule has 0 amide bonds. The zero-order valence-electron chi connectivity index (χ0n) is 23.2. The number of aliphatic carboxylic acids is 1. The SMILES string of the molecule is C/C=C/C(C)=C/CCC(O)C(O)CC1OC(C/C(C)=C/[C@@H](C)C[C@H](O)[C@@H](O)[C@H](O)CC(=O)O)C(O)C(O)C1O. The van der Waals surface area contributed by atoms with Gasteiger partial charge in [-0.05, 0) is 52.4 Å². The Morgan fingerprint density at radius 1 is 0.897 bits per heavy atom. The number of carbonyl (C=O) groups is 1. The van der Waals surface area contributed by atoms with Crippen LogP contribution in [0.15, 0.2) is 35.5 Å². The van der Waals surface area contributed by atoms with Crippen molar-refractivity contribution in [1.82, 2.24) is 0 Å². The normalized spacial score (nSPS) is 29.6. The van der Waals surface area contributed by atoms with E-state index >= 15 is 0 Å². The Hall–Kier alpha value is -1.67. The van der Waals surface area contributed by atoms with Gasteiger partial charge in [0.15, 0.2) is 0 Å². The van der Waals surface area contributed by atoms with Crippen molar-refractivity contribution in [3.63, 3.8) is 0 Å². The molecule has 39 heavy (non-hydrogen) atoms. The highest BCUT2D eigenvalue weighted by atomic mass is 16.5. The van der Waals surface area contributed by atoms with Gasteiger partial charge >= 0.3 is 5.97 Å². The van der Waals surface area contributed by atoms with E-state index in [9.17, 15) is 45.6 Å². The van der Waals surface area contributed by atoms with E-state index in [0.717, 1.165) is 5.57 Å². The lowest BCUT2D eigenvalue weighted by molar-refractivity contribution is -0.229. The van der Waals surface area contributed by atoms with Crippen LogP contribution in [0.5, 0.6) is 0 Å². The number of hydrogen-bond acceptors (Lipinski definition) is 10. The Balaban J connectivity index is 2.74. The molecular formula is C28H48O11. The molecule has 1 saturated heterocycles. The van der Waals surface area contributed by atoms with E-state index < -0.39 is 73.4 Å². The highest BCUT2D eigenvalue weighted by molar-refractivity contribution is 5.67. The van der Waals surface area contributed by atoms with Gasteiger partial charge in [-0.1, -0.05) is 42.4 Å². The van der Waals surface area contributed by atoms with Crippen molar-refractivity contribution in [1.29, 1.82) is 0 Å². The monoisotopic (exact) mass is 560 g/mol. The van der Waals surface area contributed by atoms with Crippen LogP contribution in [0, 0.1) is 5.92 Å². The average molecular weight is 561 g/mol. The number of aliphatic hydroxyl groups excluding tert-OH is 8. The van der Waals surface area contributed by atoms with Crippen molar-refractivity contribution in [2.75, 3.05) is 0 Å². The summed E-state index contributed by atoms with van der Waals surface area (Å²) in [5.41, 5.74) is 1.75. The molecule has 1 aliphatic rings. The Morgan fingerprint density at radius 2 is 1.51 bits per heavy atom. The van der Waals surface area contributed by atoms with E-state index in [1.54, 1.807) is 19.9 Å². The van der Waals surface area contributed by atoms with Crippen LogP contribution in [0.3, 0.4) is 0 Å². The summed E-state index contributed by atoms with van der Waals surface area (Å²) < 4.78 is 5.85. The smallest absolute Gasteiger partial charge is 0.306 e. The van der Waals surface area contributed by atoms with Crippen LogP contribution in [0.4, 0.5) is 0 Å². The minimum atomic E-state index is -1.63. The number of rotatable bonds is 16. The highest BCUT2D eigenvalue weighted by Crippen LogP contribution is 2.29. The Morgan fingerprint density at radius 3 is 2.10 bits per heavy atom. The molecule has 0 aromatic heterocycles. The lowest BCUT2D eigenvalue weighted by atomic mass is 9.87. The maximum absolute atomic E-state index is 10.7. The molecule has 11 atom stereocenters. The quantitative estimate of drug-likeness (QED) is 0.0918. The van der Waals surface area contributed by atoms with Crippen LogP contribution >= 0.6 is 0 Å². The Labute approximate surface area is 230 Å². The number of hydrogen-bond donors (Lipinski definition) is 9. The van der Waals surface area contributed by atoms with Crippen LogP contribution in [0.25, 0.3) is 0 Å². The van der Waals surface area contributed by atoms with Gasteiger partial charge in [0.25, 0.3) is 0 Å². The van der Waals surface area contributed by atoms with Crippen LogP contribution < -0.4 is 0 Å². The van der Waals surface area contributed by atoms with E-state index in [4.69, 9.17) is 9.84 Å². The predicted octanol–water partition coefficient (Wildman–Crippen LogP) is 0.171. The average Bonchev–Trinajstić information content (AvgIpc) is 2.84. The summed E-state index contributed by atoms with van der Waals surface area (Å²) in [6.07, 6.45) is -5.57. The van der Waals surface area contributed by atoms with Crippen LogP contribution in [0.2, 0.25) is 0 Å². The molecule has 0 saturated carbocycles. The van der Waals surface area contributed by atoms with Crippen LogP contribution in [-0.4, -0.2) is 113 Å². The highest BCUT2D eigenvalue weighted by Gasteiger charge is 2.44. The third-order valence-electron chi connectivity index (χ3n) is 6.97. The number of carboxylic acid groups (broad SMARTS) is 1. The number of carboxylic acids is 1. The number of aliphatic hydroxyl groups is 8. The number of ether oxygens (including phenoxy) is 1. The number of allylic oxidation sites excluding steroid dienone is 5. The molecule has 1 fully saturated rings. The standard InChI is InChI=1S/C28H48O11/c1-5-7-15(2)8-6-9-18(29)19(30)13-23-27(37)28(38)26(36)22(39-23)12-17(4)10-16(3)11-20(31)25(35)21(32)14-24(33)34/h5,7-8,10,16,18-23,25-32,35-38H,6,9,11-14H2,1-4H3,(H,33,34)/b7-5+,15-8+,17-10+/t16-,18?,19?,20+,21-,22?,23?,25-,26?,27?,28?/m1/s1. The molecule has 1 aliphatic heterocycles. The molecule has 1 rings (SSSR count). The zero-order valence-corrected chi connectivity index (χ0v) is 23.2. The summed E-state index contributed by atoms with van der Waals surface area (Å²) in [6.45, 7) is 7.31. The van der Waals surface area contributed by atoms with Gasteiger partial charge in [-0.2, -0.15) is 0 Å². The fourth-order valence-electron chi connectivity index (χ4n) is 4.81. The molecular weight excluding hydrogens is 512 g/mol. The summed E-state index contributed by atoms with van der Waals surface area (Å²) >= 11 is 0. The van der Waals surface area contributed by atoms with E-state index in [0.29, 0.717) is 18.4 Å². The third-order valence-corrected chi connectivity index (χ3v) is 6.97. The van der Waals surface area contributed by atoms with Gasteiger partial charge in [0, 0.05) is 6.42 Å². The first kappa shape index (κ1) is 35.4. The van der Waals surface area contributed by atoms with Gasteiger partial charge in [0.05, 0.1) is 43.0 Å². The van der Waals surface area contributed by atoms with Gasteiger partial charge in [0.2, 0.25) is 0 Å². The van der Waals surface area contributed by atoms with E-state index in [-0.39, 0.29) is 25.2 Å². The van der Waals surface area contributed by atoms with Gasteiger partial charge < -0.3 is 50.7 Å². The predicted molar refractivity (Wildman–Crippen MR) is 144 cm³/mol. The van der Waals surface area contributed by atoms with Crippen molar-refractivity contribution >= 4 is 5.97 Å². The van der Waals surface area contributed by atoms with Crippen molar-refractivity contribution in [2.24, 2.45) is 5.92 Å². The summed E-state index contributed by atoms with van der Waals surface area (Å²) in [4.78, 5) is 10.7. The van der Waals surface area contributed by atoms with Gasteiger partial charge in [-0.25, -0.2) is 0 Å². The van der Waals surface area contributed by atoms with Gasteiger partial charge in [-0.15, -0.1) is 0 Å². The molecule has 11 nitrogen and oxygen atoms in total. The minimum Gasteiger partial charge on any atom is -0.481 e. The summed E-state index contributed by atoms with van der Waals surface area (Å²) in [5.74, 6) is -1.61. The van der Waals surface area contributed by atoms with Crippen LogP contribution in [-0.2, 0) is 9.53 Å². The second-order valence-electron chi connectivity index (χ2n) is 10.7. The van der Waals surface area contributed by atoms with E-state index in [2.05, 4.69) is 0 Å². The molecule has 0 radical (unpaired) electrons. The minimum absolute atomic E-state index is 0.0285. The summed E-state index contributed by atoms with van der Waals surface area (Å²) in [6, 6.07) is 0. The fraction of sp³-hybridized carbons (Fsp3) is 0.750. The van der Waals surface area contributed by atoms with Crippen molar-refractivity contribution in [2.45, 2.75) is 127 Å². The van der Waals surface area contributed by atoms with Gasteiger partial charge in [0.1, 0.15) is 24.4 Å². The molecule has 226 valence electrons. The van der Waals surface area contributed by atoms with Gasteiger partial charge in [-0.3, -0.25) is 4.79 Å². The topological polar surface area (TPSA) is 208 Å². The first-order valence-corrected chi connectivity index (χ1v) is 13.5. The molecule has 11 heteroatoms. The largest absolute Gasteiger partial charge is 0.481 e. The summed E-state index contributed by atoms with van der Waals surface area (Å²) in [7, 11) is 0. The Kier molecular flexibility index (Phi) is 15.6. The molecule has 0 aliphatic carbocycles. The van der Waals surface area contributed by atoms with Crippen molar-refractivity contribution in [3.8, 4) is 0 Å². The molecule has 7 unspecified atom stereocenters. The lowest BCUT2D eigenvalue weighted by Gasteiger charge is -2.42. The molecule has 0 bridgehead atoms. The van der Waals surface area contributed by atoms with Crippen LogP contribution in [0.1, 0.15) is 66.2 Å². The molecule has 9 N–H and O–H groups in total. The second kappa shape index (κ2) is 17.2. The first-order valence-electron chi connectivity index (χ1n) is 13.5. The van der Waals surface area contributed by atoms with Crippen molar-refractivity contribution in [3.05, 3.63) is 35.5 Å². The second-order valence-corrected chi connectivity index (χ2v) is 10.7. The maximum atomic E-state index is 10.7.